The standard InChI is InChI=1S/C15H25NO2/c1-3-9-17-10-11-18-13-15-8-6-5-7-14(15)12-16-4-2/h5-8,16H,3-4,9-13H2,1-2H3. The SMILES string of the molecule is CCCOCCOCc1ccccc1CNCC. The summed E-state index contributed by atoms with van der Waals surface area (Å²) in [7, 11) is 0. The number of nitrogens with one attached hydrogen (secondary N) is 1. The molecule has 102 valence electrons. The average molecular weight is 251 g/mol. The van der Waals surface area contributed by atoms with Gasteiger partial charge in [-0.05, 0) is 24.1 Å². The normalized spacial score (nSPS) is 10.8. The van der Waals surface area contributed by atoms with E-state index in [4.69, 9.17) is 9.47 Å². The second-order valence-electron chi connectivity index (χ2n) is 4.21. The van der Waals surface area contributed by atoms with E-state index in [1.807, 2.05) is 0 Å². The van der Waals surface area contributed by atoms with Gasteiger partial charge in [0.25, 0.3) is 0 Å². The van der Waals surface area contributed by atoms with Crippen molar-refractivity contribution in [2.75, 3.05) is 26.4 Å². The molecule has 0 aliphatic heterocycles. The molecule has 1 aromatic carbocycles. The lowest BCUT2D eigenvalue weighted by Crippen LogP contribution is -2.14. The van der Waals surface area contributed by atoms with Crippen LogP contribution in [0.5, 0.6) is 0 Å². The average Bonchev–Trinajstić information content (AvgIpc) is 2.41. The van der Waals surface area contributed by atoms with Crippen LogP contribution in [-0.2, 0) is 22.6 Å². The molecule has 1 rings (SSSR count). The first-order valence-electron chi connectivity index (χ1n) is 6.81. The van der Waals surface area contributed by atoms with Crippen LogP contribution in [0.4, 0.5) is 0 Å². The molecule has 0 saturated heterocycles. The van der Waals surface area contributed by atoms with Gasteiger partial charge in [0.1, 0.15) is 0 Å². The zero-order valence-electron chi connectivity index (χ0n) is 11.6. The third-order valence-corrected chi connectivity index (χ3v) is 2.66. The zero-order chi connectivity index (χ0) is 13.1. The predicted octanol–water partition coefficient (Wildman–Crippen LogP) is 2.74. The van der Waals surface area contributed by atoms with Gasteiger partial charge in [0.2, 0.25) is 0 Å². The third kappa shape index (κ3) is 6.15. The molecule has 18 heavy (non-hydrogen) atoms. The van der Waals surface area contributed by atoms with Crippen molar-refractivity contribution in [2.45, 2.75) is 33.4 Å². The molecule has 0 spiro atoms. The Hall–Kier alpha value is -0.900. The second kappa shape index (κ2) is 10.1. The Morgan fingerprint density at radius 1 is 0.944 bits per heavy atom. The van der Waals surface area contributed by atoms with Crippen LogP contribution in [0, 0.1) is 0 Å². The molecular formula is C15H25NO2. The van der Waals surface area contributed by atoms with Gasteiger partial charge in [0.05, 0.1) is 19.8 Å². The van der Waals surface area contributed by atoms with Gasteiger partial charge in [0, 0.05) is 13.2 Å². The first-order chi connectivity index (χ1) is 8.88. The topological polar surface area (TPSA) is 30.5 Å². The summed E-state index contributed by atoms with van der Waals surface area (Å²) in [6.07, 6.45) is 1.06. The highest BCUT2D eigenvalue weighted by atomic mass is 16.5. The van der Waals surface area contributed by atoms with E-state index in [0.29, 0.717) is 19.8 Å². The summed E-state index contributed by atoms with van der Waals surface area (Å²) < 4.78 is 11.0. The molecule has 0 aromatic heterocycles. The van der Waals surface area contributed by atoms with Crippen LogP contribution in [0.1, 0.15) is 31.4 Å². The molecule has 3 nitrogen and oxygen atoms in total. The van der Waals surface area contributed by atoms with Crippen molar-refractivity contribution >= 4 is 0 Å². The largest absolute Gasteiger partial charge is 0.379 e. The Balaban J connectivity index is 2.27. The molecule has 0 unspecified atom stereocenters. The minimum atomic E-state index is 0.662. The van der Waals surface area contributed by atoms with Gasteiger partial charge >= 0.3 is 0 Å². The van der Waals surface area contributed by atoms with E-state index < -0.39 is 0 Å². The lowest BCUT2D eigenvalue weighted by atomic mass is 10.1. The van der Waals surface area contributed by atoms with Crippen molar-refractivity contribution in [3.8, 4) is 0 Å². The van der Waals surface area contributed by atoms with E-state index in [9.17, 15) is 0 Å². The maximum Gasteiger partial charge on any atom is 0.0721 e. The second-order valence-corrected chi connectivity index (χ2v) is 4.21. The summed E-state index contributed by atoms with van der Waals surface area (Å²) in [6.45, 7) is 8.95. The van der Waals surface area contributed by atoms with E-state index >= 15 is 0 Å². The van der Waals surface area contributed by atoms with Gasteiger partial charge in [-0.3, -0.25) is 0 Å². The smallest absolute Gasteiger partial charge is 0.0721 e. The molecule has 0 radical (unpaired) electrons. The molecule has 0 atom stereocenters. The molecule has 0 saturated carbocycles. The van der Waals surface area contributed by atoms with E-state index in [-0.39, 0.29) is 0 Å². The summed E-state index contributed by atoms with van der Waals surface area (Å²) in [5.41, 5.74) is 2.57. The van der Waals surface area contributed by atoms with Gasteiger partial charge in [-0.2, -0.15) is 0 Å². The Morgan fingerprint density at radius 2 is 1.67 bits per heavy atom. The van der Waals surface area contributed by atoms with Crippen molar-refractivity contribution in [1.29, 1.82) is 0 Å². The summed E-state index contributed by atoms with van der Waals surface area (Å²) in [5.74, 6) is 0. The van der Waals surface area contributed by atoms with Crippen molar-refractivity contribution in [1.82, 2.24) is 5.32 Å². The quantitative estimate of drug-likeness (QED) is 0.649. The van der Waals surface area contributed by atoms with Crippen LogP contribution in [0.3, 0.4) is 0 Å². The Kier molecular flexibility index (Phi) is 8.47. The first-order valence-corrected chi connectivity index (χ1v) is 6.81. The molecule has 0 amide bonds. The molecule has 1 aromatic rings. The predicted molar refractivity (Wildman–Crippen MR) is 74.6 cm³/mol. The summed E-state index contributed by atoms with van der Waals surface area (Å²) >= 11 is 0. The number of benzene rings is 1. The first kappa shape index (κ1) is 15.2. The van der Waals surface area contributed by atoms with Crippen LogP contribution in [0.15, 0.2) is 24.3 Å². The van der Waals surface area contributed by atoms with E-state index in [1.54, 1.807) is 0 Å². The Labute approximate surface area is 110 Å². The minimum absolute atomic E-state index is 0.662. The van der Waals surface area contributed by atoms with Crippen LogP contribution in [0.2, 0.25) is 0 Å². The number of ether oxygens (including phenoxy) is 2. The Bertz CT molecular complexity index is 315. The summed E-state index contributed by atoms with van der Waals surface area (Å²) in [5, 5.41) is 3.34. The van der Waals surface area contributed by atoms with Crippen molar-refractivity contribution in [3.05, 3.63) is 35.4 Å². The van der Waals surface area contributed by atoms with Crippen LogP contribution in [0.25, 0.3) is 0 Å². The van der Waals surface area contributed by atoms with Crippen LogP contribution in [-0.4, -0.2) is 26.4 Å². The number of rotatable bonds is 10. The Morgan fingerprint density at radius 3 is 2.39 bits per heavy atom. The lowest BCUT2D eigenvalue weighted by molar-refractivity contribution is 0.0406. The fraction of sp³-hybridized carbons (Fsp3) is 0.600. The maximum atomic E-state index is 5.63. The van der Waals surface area contributed by atoms with Gasteiger partial charge < -0.3 is 14.8 Å². The van der Waals surface area contributed by atoms with E-state index in [0.717, 1.165) is 26.1 Å². The van der Waals surface area contributed by atoms with Gasteiger partial charge in [-0.25, -0.2) is 0 Å². The highest BCUT2D eigenvalue weighted by Crippen LogP contribution is 2.09. The lowest BCUT2D eigenvalue weighted by Gasteiger charge is -2.10. The van der Waals surface area contributed by atoms with E-state index in [1.165, 1.54) is 11.1 Å². The molecule has 0 aliphatic carbocycles. The molecule has 0 heterocycles. The van der Waals surface area contributed by atoms with Crippen LogP contribution >= 0.6 is 0 Å². The van der Waals surface area contributed by atoms with Crippen molar-refractivity contribution < 1.29 is 9.47 Å². The summed E-state index contributed by atoms with van der Waals surface area (Å²) in [6, 6.07) is 8.40. The minimum Gasteiger partial charge on any atom is -0.379 e. The fourth-order valence-electron chi connectivity index (χ4n) is 1.68. The fourth-order valence-corrected chi connectivity index (χ4v) is 1.68. The molecule has 3 heteroatoms. The number of hydrogen-bond acceptors (Lipinski definition) is 3. The van der Waals surface area contributed by atoms with E-state index in [2.05, 4.69) is 43.4 Å². The zero-order valence-corrected chi connectivity index (χ0v) is 11.6. The molecule has 0 fully saturated rings. The molecule has 0 aliphatic rings. The van der Waals surface area contributed by atoms with Crippen molar-refractivity contribution in [2.24, 2.45) is 0 Å². The molecule has 1 N–H and O–H groups in total. The maximum absolute atomic E-state index is 5.63. The van der Waals surface area contributed by atoms with Crippen molar-refractivity contribution in [3.63, 3.8) is 0 Å². The van der Waals surface area contributed by atoms with Gasteiger partial charge in [0.15, 0.2) is 0 Å². The monoisotopic (exact) mass is 251 g/mol. The number of hydrogen-bond donors (Lipinski definition) is 1. The summed E-state index contributed by atoms with van der Waals surface area (Å²) in [4.78, 5) is 0. The highest BCUT2D eigenvalue weighted by molar-refractivity contribution is 5.26. The van der Waals surface area contributed by atoms with Gasteiger partial charge in [-0.15, -0.1) is 0 Å². The van der Waals surface area contributed by atoms with Gasteiger partial charge in [-0.1, -0.05) is 38.1 Å². The molecule has 0 bridgehead atoms. The highest BCUT2D eigenvalue weighted by Gasteiger charge is 2.01. The molecular weight excluding hydrogens is 226 g/mol. The van der Waals surface area contributed by atoms with Crippen LogP contribution < -0.4 is 5.32 Å². The third-order valence-electron chi connectivity index (χ3n) is 2.66.